The number of amides is 1. The smallest absolute Gasteiger partial charge is 0.293 e. The lowest BCUT2D eigenvalue weighted by molar-refractivity contribution is 0.0995. The molecule has 0 saturated carbocycles. The van der Waals surface area contributed by atoms with Crippen molar-refractivity contribution < 1.29 is 9.21 Å². The highest BCUT2D eigenvalue weighted by atomic mass is 79.9. The van der Waals surface area contributed by atoms with E-state index in [0.717, 1.165) is 15.8 Å². The normalized spacial score (nSPS) is 10.9. The molecular weight excluding hydrogens is 340 g/mol. The van der Waals surface area contributed by atoms with Crippen LogP contribution in [-0.2, 0) is 0 Å². The van der Waals surface area contributed by atoms with Crippen molar-refractivity contribution in [2.24, 2.45) is 0 Å². The summed E-state index contributed by atoms with van der Waals surface area (Å²) in [6.07, 6.45) is 0. The molecule has 0 spiro atoms. The molecule has 0 aliphatic carbocycles. The van der Waals surface area contributed by atoms with Gasteiger partial charge in [-0.25, -0.2) is 4.98 Å². The van der Waals surface area contributed by atoms with E-state index in [-0.39, 0.29) is 11.7 Å². The number of carbonyl (C=O) groups is 1. The van der Waals surface area contributed by atoms with Gasteiger partial charge in [0.25, 0.3) is 5.91 Å². The zero-order valence-electron chi connectivity index (χ0n) is 10.9. The summed E-state index contributed by atoms with van der Waals surface area (Å²) in [5.41, 5.74) is 3.23. The van der Waals surface area contributed by atoms with Crippen molar-refractivity contribution in [3.05, 3.63) is 45.8 Å². The lowest BCUT2D eigenvalue weighted by Gasteiger charge is -1.96. The number of rotatable bonds is 2. The summed E-state index contributed by atoms with van der Waals surface area (Å²) in [5.74, 6) is -0.0480. The number of hydrogen-bond donors (Lipinski definition) is 1. The van der Waals surface area contributed by atoms with Gasteiger partial charge in [-0.1, -0.05) is 17.4 Å². The van der Waals surface area contributed by atoms with Gasteiger partial charge in [-0.05, 0) is 59.1 Å². The molecule has 6 heteroatoms. The van der Waals surface area contributed by atoms with Crippen molar-refractivity contribution in [1.29, 1.82) is 0 Å². The fourth-order valence-electron chi connectivity index (χ4n) is 2.03. The summed E-state index contributed by atoms with van der Waals surface area (Å²) in [6, 6.07) is 7.41. The number of halogens is 1. The number of carbonyl (C=O) groups excluding carboxylic acids is 1. The van der Waals surface area contributed by atoms with Crippen LogP contribution in [0.25, 0.3) is 10.2 Å². The minimum absolute atomic E-state index is 0.254. The Morgan fingerprint density at radius 2 is 2.15 bits per heavy atom. The Balaban J connectivity index is 1.91. The highest BCUT2D eigenvalue weighted by Gasteiger charge is 2.14. The van der Waals surface area contributed by atoms with E-state index in [9.17, 15) is 4.79 Å². The number of hydrogen-bond acceptors (Lipinski definition) is 4. The molecule has 1 N–H and O–H groups in total. The molecule has 0 unspecified atom stereocenters. The molecule has 3 rings (SSSR count). The van der Waals surface area contributed by atoms with Crippen LogP contribution in [0.4, 0.5) is 5.13 Å². The number of aryl methyl sites for hydroxylation is 2. The van der Waals surface area contributed by atoms with E-state index < -0.39 is 0 Å². The molecule has 20 heavy (non-hydrogen) atoms. The zero-order valence-corrected chi connectivity index (χ0v) is 13.3. The summed E-state index contributed by atoms with van der Waals surface area (Å²) in [7, 11) is 0. The van der Waals surface area contributed by atoms with Gasteiger partial charge in [0, 0.05) is 0 Å². The average Bonchev–Trinajstić information content (AvgIpc) is 2.95. The third-order valence-corrected chi connectivity index (χ3v) is 4.39. The predicted octanol–water partition coefficient (Wildman–Crippen LogP) is 4.52. The standard InChI is InChI=1S/C14H11BrN2O2S/c1-7-5-8(2)12-9(6-7)16-14(20-12)17-13(18)10-3-4-11(15)19-10/h3-6H,1-2H3,(H,16,17,18). The van der Waals surface area contributed by atoms with Crippen molar-refractivity contribution in [2.75, 3.05) is 5.32 Å². The van der Waals surface area contributed by atoms with Gasteiger partial charge in [-0.2, -0.15) is 0 Å². The minimum atomic E-state index is -0.302. The van der Waals surface area contributed by atoms with Gasteiger partial charge < -0.3 is 4.42 Å². The van der Waals surface area contributed by atoms with Crippen LogP contribution in [0.15, 0.2) is 33.4 Å². The lowest BCUT2D eigenvalue weighted by atomic mass is 10.1. The molecular formula is C14H11BrN2O2S. The quantitative estimate of drug-likeness (QED) is 0.739. The molecule has 0 aliphatic heterocycles. The second-order valence-electron chi connectivity index (χ2n) is 4.51. The number of nitrogens with one attached hydrogen (secondary N) is 1. The topological polar surface area (TPSA) is 55.1 Å². The SMILES string of the molecule is Cc1cc(C)c2sc(NC(=O)c3ccc(Br)o3)nc2c1. The molecule has 0 bridgehead atoms. The third-order valence-electron chi connectivity index (χ3n) is 2.84. The summed E-state index contributed by atoms with van der Waals surface area (Å²) < 4.78 is 6.83. The van der Waals surface area contributed by atoms with Gasteiger partial charge in [0.1, 0.15) is 0 Å². The molecule has 0 atom stereocenters. The Morgan fingerprint density at radius 3 is 2.85 bits per heavy atom. The molecule has 0 radical (unpaired) electrons. The number of aromatic nitrogens is 1. The van der Waals surface area contributed by atoms with E-state index in [0.29, 0.717) is 9.80 Å². The largest absolute Gasteiger partial charge is 0.444 e. The van der Waals surface area contributed by atoms with Crippen LogP contribution in [0, 0.1) is 13.8 Å². The van der Waals surface area contributed by atoms with Crippen LogP contribution in [0.5, 0.6) is 0 Å². The van der Waals surface area contributed by atoms with Crippen molar-refractivity contribution in [1.82, 2.24) is 4.98 Å². The average molecular weight is 351 g/mol. The van der Waals surface area contributed by atoms with E-state index in [1.54, 1.807) is 12.1 Å². The van der Waals surface area contributed by atoms with Crippen LogP contribution in [0.1, 0.15) is 21.7 Å². The minimum Gasteiger partial charge on any atom is -0.444 e. The summed E-state index contributed by atoms with van der Waals surface area (Å²) in [5, 5.41) is 3.34. The van der Waals surface area contributed by atoms with E-state index >= 15 is 0 Å². The zero-order chi connectivity index (χ0) is 14.3. The van der Waals surface area contributed by atoms with Crippen molar-refractivity contribution in [2.45, 2.75) is 13.8 Å². The summed E-state index contributed by atoms with van der Waals surface area (Å²) in [4.78, 5) is 16.4. The molecule has 4 nitrogen and oxygen atoms in total. The van der Waals surface area contributed by atoms with E-state index in [1.807, 2.05) is 19.9 Å². The van der Waals surface area contributed by atoms with Crippen molar-refractivity contribution >= 4 is 48.5 Å². The van der Waals surface area contributed by atoms with Gasteiger partial charge in [-0.15, -0.1) is 0 Å². The molecule has 2 heterocycles. The second-order valence-corrected chi connectivity index (χ2v) is 6.29. The summed E-state index contributed by atoms with van der Waals surface area (Å²) in [6.45, 7) is 4.08. The number of anilines is 1. The summed E-state index contributed by atoms with van der Waals surface area (Å²) >= 11 is 4.64. The Morgan fingerprint density at radius 1 is 1.35 bits per heavy atom. The van der Waals surface area contributed by atoms with Crippen LogP contribution in [-0.4, -0.2) is 10.9 Å². The fraction of sp³-hybridized carbons (Fsp3) is 0.143. The van der Waals surface area contributed by atoms with Crippen LogP contribution >= 0.6 is 27.3 Å². The van der Waals surface area contributed by atoms with Crippen LogP contribution in [0.3, 0.4) is 0 Å². The number of furan rings is 1. The number of thiazole rings is 1. The Labute approximate surface area is 127 Å². The fourth-order valence-corrected chi connectivity index (χ4v) is 3.24. The predicted molar refractivity (Wildman–Crippen MR) is 83.5 cm³/mol. The van der Waals surface area contributed by atoms with E-state index in [4.69, 9.17) is 4.42 Å². The first kappa shape index (κ1) is 13.3. The van der Waals surface area contributed by atoms with Gasteiger partial charge in [-0.3, -0.25) is 10.1 Å². The number of fused-ring (bicyclic) bond motifs is 1. The molecule has 0 fully saturated rings. The lowest BCUT2D eigenvalue weighted by Crippen LogP contribution is -2.10. The molecule has 3 aromatic rings. The molecule has 1 aromatic carbocycles. The van der Waals surface area contributed by atoms with Gasteiger partial charge >= 0.3 is 0 Å². The van der Waals surface area contributed by atoms with Gasteiger partial charge in [0.05, 0.1) is 10.2 Å². The monoisotopic (exact) mass is 350 g/mol. The highest BCUT2D eigenvalue weighted by molar-refractivity contribution is 9.10. The van der Waals surface area contributed by atoms with Crippen LogP contribution in [0.2, 0.25) is 0 Å². The van der Waals surface area contributed by atoms with Gasteiger partial charge in [0.2, 0.25) is 0 Å². The molecule has 0 aliphatic rings. The maximum absolute atomic E-state index is 12.0. The van der Waals surface area contributed by atoms with Gasteiger partial charge in [0.15, 0.2) is 15.6 Å². The molecule has 102 valence electrons. The number of benzene rings is 1. The van der Waals surface area contributed by atoms with E-state index in [2.05, 4.69) is 32.3 Å². The first-order chi connectivity index (χ1) is 9.52. The first-order valence-corrected chi connectivity index (χ1v) is 7.58. The maximum atomic E-state index is 12.0. The van der Waals surface area contributed by atoms with Crippen molar-refractivity contribution in [3.8, 4) is 0 Å². The Kier molecular flexibility index (Phi) is 3.35. The first-order valence-electron chi connectivity index (χ1n) is 5.97. The maximum Gasteiger partial charge on any atom is 0.293 e. The second kappa shape index (κ2) is 5.03. The Bertz CT molecular complexity index is 807. The number of nitrogens with zero attached hydrogens (tertiary/aromatic N) is 1. The van der Waals surface area contributed by atoms with Crippen molar-refractivity contribution in [3.63, 3.8) is 0 Å². The van der Waals surface area contributed by atoms with Crippen LogP contribution < -0.4 is 5.32 Å². The third kappa shape index (κ3) is 2.48. The molecule has 0 saturated heterocycles. The Hall–Kier alpha value is -1.66. The van der Waals surface area contributed by atoms with E-state index in [1.165, 1.54) is 16.9 Å². The molecule has 1 amide bonds. The molecule has 2 aromatic heterocycles. The highest BCUT2D eigenvalue weighted by Crippen LogP contribution is 2.30.